The maximum Gasteiger partial charge on any atom is 0.325 e. The highest BCUT2D eigenvalue weighted by molar-refractivity contribution is 5.94. The molecule has 166 valence electrons. The van der Waals surface area contributed by atoms with Gasteiger partial charge in [0.2, 0.25) is 17.7 Å². The minimum Gasteiger partial charge on any atom is -0.480 e. The van der Waals surface area contributed by atoms with Crippen LogP contribution in [0.1, 0.15) is 39.3 Å². The normalized spacial score (nSPS) is 19.0. The van der Waals surface area contributed by atoms with Crippen molar-refractivity contribution in [1.29, 1.82) is 0 Å². The maximum atomic E-state index is 13.0. The zero-order valence-corrected chi connectivity index (χ0v) is 17.4. The Morgan fingerprint density at radius 2 is 1.90 bits per heavy atom. The van der Waals surface area contributed by atoms with Crippen LogP contribution in [0.2, 0.25) is 0 Å². The molecular weight excluding hydrogens is 392 g/mol. The van der Waals surface area contributed by atoms with Gasteiger partial charge in [-0.05, 0) is 32.2 Å². The first-order chi connectivity index (χ1) is 14.2. The molecule has 3 amide bonds. The first kappa shape index (κ1) is 23.3. The lowest BCUT2D eigenvalue weighted by atomic mass is 10.0. The van der Waals surface area contributed by atoms with Crippen LogP contribution in [-0.4, -0.2) is 69.5 Å². The van der Waals surface area contributed by atoms with E-state index in [1.165, 1.54) is 13.3 Å². The average molecular weight is 422 g/mol. The molecule has 1 aliphatic rings. The fraction of sp³-hybridized carbons (Fsp3) is 0.632. The van der Waals surface area contributed by atoms with Gasteiger partial charge in [0.05, 0.1) is 12.4 Å². The Hall–Kier alpha value is -2.95. The topological polar surface area (TPSA) is 165 Å². The summed E-state index contributed by atoms with van der Waals surface area (Å²) < 4.78 is 0. The molecule has 0 aromatic carbocycles. The standard InChI is InChI=1S/C19H30N6O5/c1-10(2)15(18(28)23-11(3)19(29)30)25-17(27)14(7-12-8-20-9-22-12)24-16(26)13-5-4-6-21-13/h8-11,13-15,21H,4-7H2,1-3H3,(H,20,22)(H,23,28)(H,24,26)(H,25,27)(H,29,30). The molecule has 1 aromatic rings. The number of aromatic nitrogens is 2. The van der Waals surface area contributed by atoms with Crippen molar-refractivity contribution in [2.75, 3.05) is 6.54 Å². The second-order valence-electron chi connectivity index (χ2n) is 7.79. The largest absolute Gasteiger partial charge is 0.480 e. The molecule has 11 nitrogen and oxygen atoms in total. The lowest BCUT2D eigenvalue weighted by molar-refractivity contribution is -0.142. The van der Waals surface area contributed by atoms with Gasteiger partial charge in [-0.1, -0.05) is 13.8 Å². The van der Waals surface area contributed by atoms with Crippen LogP contribution in [-0.2, 0) is 25.6 Å². The number of carboxylic acids is 1. The van der Waals surface area contributed by atoms with Gasteiger partial charge in [0.1, 0.15) is 18.1 Å². The van der Waals surface area contributed by atoms with E-state index in [-0.39, 0.29) is 24.3 Å². The van der Waals surface area contributed by atoms with E-state index in [4.69, 9.17) is 5.11 Å². The van der Waals surface area contributed by atoms with Crippen molar-refractivity contribution in [3.63, 3.8) is 0 Å². The van der Waals surface area contributed by atoms with E-state index in [9.17, 15) is 19.2 Å². The van der Waals surface area contributed by atoms with E-state index >= 15 is 0 Å². The number of aromatic amines is 1. The van der Waals surface area contributed by atoms with Crippen LogP contribution in [0.3, 0.4) is 0 Å². The minimum atomic E-state index is -1.18. The monoisotopic (exact) mass is 422 g/mol. The highest BCUT2D eigenvalue weighted by Gasteiger charge is 2.32. The molecule has 0 aliphatic carbocycles. The van der Waals surface area contributed by atoms with Crippen LogP contribution in [0, 0.1) is 5.92 Å². The molecule has 4 atom stereocenters. The summed E-state index contributed by atoms with van der Waals surface area (Å²) in [5.41, 5.74) is 0.653. The lowest BCUT2D eigenvalue weighted by Gasteiger charge is -2.26. The molecule has 11 heteroatoms. The molecular formula is C19H30N6O5. The van der Waals surface area contributed by atoms with E-state index in [1.54, 1.807) is 20.0 Å². The number of carbonyl (C=O) groups excluding carboxylic acids is 3. The van der Waals surface area contributed by atoms with Gasteiger partial charge in [-0.2, -0.15) is 0 Å². The number of carboxylic acid groups (broad SMARTS) is 1. The van der Waals surface area contributed by atoms with Gasteiger partial charge in [-0.25, -0.2) is 4.98 Å². The first-order valence-electron chi connectivity index (χ1n) is 10.0. The van der Waals surface area contributed by atoms with E-state index in [2.05, 4.69) is 31.2 Å². The lowest BCUT2D eigenvalue weighted by Crippen LogP contribution is -2.58. The summed E-state index contributed by atoms with van der Waals surface area (Å²) in [4.78, 5) is 55.9. The van der Waals surface area contributed by atoms with Crippen LogP contribution in [0.15, 0.2) is 12.5 Å². The van der Waals surface area contributed by atoms with Crippen molar-refractivity contribution >= 4 is 23.7 Å². The smallest absolute Gasteiger partial charge is 0.325 e. The van der Waals surface area contributed by atoms with Crippen LogP contribution in [0.25, 0.3) is 0 Å². The van der Waals surface area contributed by atoms with Crippen molar-refractivity contribution in [2.24, 2.45) is 5.92 Å². The number of amides is 3. The van der Waals surface area contributed by atoms with Gasteiger partial charge < -0.3 is 31.4 Å². The van der Waals surface area contributed by atoms with E-state index in [0.29, 0.717) is 12.1 Å². The number of imidazole rings is 1. The summed E-state index contributed by atoms with van der Waals surface area (Å²) in [6.07, 6.45) is 4.77. The number of rotatable bonds is 10. The number of aliphatic carboxylic acids is 1. The number of H-pyrrole nitrogens is 1. The predicted octanol–water partition coefficient (Wildman–Crippen LogP) is -1.08. The Bertz CT molecular complexity index is 745. The van der Waals surface area contributed by atoms with Crippen molar-refractivity contribution < 1.29 is 24.3 Å². The van der Waals surface area contributed by atoms with Crippen LogP contribution < -0.4 is 21.3 Å². The van der Waals surface area contributed by atoms with E-state index < -0.39 is 35.9 Å². The summed E-state index contributed by atoms with van der Waals surface area (Å²) in [7, 11) is 0. The predicted molar refractivity (Wildman–Crippen MR) is 107 cm³/mol. The summed E-state index contributed by atoms with van der Waals surface area (Å²) in [6.45, 7) is 5.56. The molecule has 1 aromatic heterocycles. The molecule has 0 saturated carbocycles. The molecule has 0 radical (unpaired) electrons. The average Bonchev–Trinajstić information content (AvgIpc) is 3.38. The third-order valence-corrected chi connectivity index (χ3v) is 4.96. The van der Waals surface area contributed by atoms with Crippen LogP contribution in [0.4, 0.5) is 0 Å². The molecule has 0 bridgehead atoms. The molecule has 1 saturated heterocycles. The van der Waals surface area contributed by atoms with Crippen molar-refractivity contribution in [3.8, 4) is 0 Å². The molecule has 0 spiro atoms. The number of hydrogen-bond donors (Lipinski definition) is 6. The van der Waals surface area contributed by atoms with Crippen LogP contribution >= 0.6 is 0 Å². The quantitative estimate of drug-likeness (QED) is 0.279. The fourth-order valence-corrected chi connectivity index (χ4v) is 3.16. The van der Waals surface area contributed by atoms with Gasteiger partial charge in [0.25, 0.3) is 0 Å². The zero-order chi connectivity index (χ0) is 22.3. The molecule has 6 N–H and O–H groups in total. The third kappa shape index (κ3) is 6.55. The van der Waals surface area contributed by atoms with Gasteiger partial charge in [-0.15, -0.1) is 0 Å². The second-order valence-corrected chi connectivity index (χ2v) is 7.79. The number of nitrogens with one attached hydrogen (secondary N) is 5. The highest BCUT2D eigenvalue weighted by atomic mass is 16.4. The molecule has 1 aliphatic heterocycles. The van der Waals surface area contributed by atoms with Crippen molar-refractivity contribution in [1.82, 2.24) is 31.2 Å². The van der Waals surface area contributed by atoms with E-state index in [0.717, 1.165) is 13.0 Å². The number of carbonyl (C=O) groups is 4. The Labute approximate surface area is 174 Å². The maximum absolute atomic E-state index is 13.0. The Morgan fingerprint density at radius 1 is 1.17 bits per heavy atom. The highest BCUT2D eigenvalue weighted by Crippen LogP contribution is 2.08. The molecule has 2 rings (SSSR count). The van der Waals surface area contributed by atoms with E-state index in [1.807, 2.05) is 0 Å². The number of hydrogen-bond acceptors (Lipinski definition) is 6. The Balaban J connectivity index is 2.10. The summed E-state index contributed by atoms with van der Waals surface area (Å²) in [6, 6.07) is -3.33. The SMILES string of the molecule is CC(NC(=O)C(NC(=O)C(Cc1cnc[nH]1)NC(=O)C1CCCN1)C(C)C)C(=O)O. The van der Waals surface area contributed by atoms with Crippen molar-refractivity contribution in [3.05, 3.63) is 18.2 Å². The second kappa shape index (κ2) is 10.7. The molecule has 2 heterocycles. The summed E-state index contributed by atoms with van der Waals surface area (Å²) >= 11 is 0. The summed E-state index contributed by atoms with van der Waals surface area (Å²) in [5, 5.41) is 19.9. The molecule has 30 heavy (non-hydrogen) atoms. The third-order valence-electron chi connectivity index (χ3n) is 4.96. The Morgan fingerprint density at radius 3 is 2.43 bits per heavy atom. The zero-order valence-electron chi connectivity index (χ0n) is 17.4. The summed E-state index contributed by atoms with van der Waals surface area (Å²) in [5.74, 6) is -2.89. The van der Waals surface area contributed by atoms with Gasteiger partial charge in [0.15, 0.2) is 0 Å². The van der Waals surface area contributed by atoms with Gasteiger partial charge >= 0.3 is 5.97 Å². The number of nitrogens with zero attached hydrogens (tertiary/aromatic N) is 1. The first-order valence-corrected chi connectivity index (χ1v) is 10.0. The van der Waals surface area contributed by atoms with Crippen molar-refractivity contribution in [2.45, 2.75) is 64.2 Å². The fourth-order valence-electron chi connectivity index (χ4n) is 3.16. The van der Waals surface area contributed by atoms with Gasteiger partial charge in [-0.3, -0.25) is 19.2 Å². The molecule has 4 unspecified atom stereocenters. The van der Waals surface area contributed by atoms with Crippen LogP contribution in [0.5, 0.6) is 0 Å². The van der Waals surface area contributed by atoms with Gasteiger partial charge in [0, 0.05) is 18.3 Å². The molecule has 1 fully saturated rings. The minimum absolute atomic E-state index is 0.169. The Kier molecular flexibility index (Phi) is 8.34.